The number of carbonyl (C=O) groups is 1. The lowest BCUT2D eigenvalue weighted by molar-refractivity contribution is -0.120. The molecular weight excluding hydrogens is 220 g/mol. The van der Waals surface area contributed by atoms with Crippen molar-refractivity contribution in [1.82, 2.24) is 5.32 Å². The smallest absolute Gasteiger partial charge is 0.234 e. The first-order chi connectivity index (χ1) is 7.93. The lowest BCUT2D eigenvalue weighted by Gasteiger charge is -2.22. The highest BCUT2D eigenvalue weighted by atomic mass is 16.5. The van der Waals surface area contributed by atoms with Crippen LogP contribution in [0.4, 0.5) is 0 Å². The summed E-state index contributed by atoms with van der Waals surface area (Å²) >= 11 is 0. The van der Waals surface area contributed by atoms with Crippen molar-refractivity contribution in [3.05, 3.63) is 0 Å². The Labute approximate surface area is 104 Å². The van der Waals surface area contributed by atoms with Crippen LogP contribution in [0.2, 0.25) is 0 Å². The number of nitrogens with one attached hydrogen (secondary N) is 1. The molecule has 0 saturated carbocycles. The minimum Gasteiger partial charge on any atom is -0.381 e. The van der Waals surface area contributed by atoms with Gasteiger partial charge in [-0.05, 0) is 33.2 Å². The lowest BCUT2D eigenvalue weighted by atomic mass is 10.1. The summed E-state index contributed by atoms with van der Waals surface area (Å²) in [6, 6.07) is -0.296. The van der Waals surface area contributed by atoms with Crippen molar-refractivity contribution < 1.29 is 14.3 Å². The number of carbonyl (C=O) groups excluding carboxylic acids is 1. The Morgan fingerprint density at radius 3 is 2.53 bits per heavy atom. The van der Waals surface area contributed by atoms with Gasteiger partial charge in [0, 0.05) is 20.3 Å². The van der Waals surface area contributed by atoms with Crippen molar-refractivity contribution in [2.45, 2.75) is 45.3 Å². The van der Waals surface area contributed by atoms with E-state index in [0.717, 1.165) is 13.0 Å². The average molecular weight is 246 g/mol. The molecule has 17 heavy (non-hydrogen) atoms. The van der Waals surface area contributed by atoms with E-state index in [1.807, 2.05) is 20.8 Å². The first-order valence-corrected chi connectivity index (χ1v) is 6.08. The van der Waals surface area contributed by atoms with Crippen molar-refractivity contribution in [1.29, 1.82) is 0 Å². The van der Waals surface area contributed by atoms with E-state index in [-0.39, 0.29) is 17.6 Å². The fourth-order valence-corrected chi connectivity index (χ4v) is 1.31. The third kappa shape index (κ3) is 8.12. The molecule has 5 nitrogen and oxygen atoms in total. The Kier molecular flexibility index (Phi) is 8.12. The molecule has 0 bridgehead atoms. The van der Waals surface area contributed by atoms with Gasteiger partial charge in [-0.2, -0.15) is 0 Å². The second-order valence-corrected chi connectivity index (χ2v) is 4.63. The van der Waals surface area contributed by atoms with Gasteiger partial charge >= 0.3 is 0 Å². The molecule has 0 aromatic rings. The van der Waals surface area contributed by atoms with Gasteiger partial charge < -0.3 is 20.5 Å². The van der Waals surface area contributed by atoms with Crippen molar-refractivity contribution in [3.63, 3.8) is 0 Å². The average Bonchev–Trinajstić information content (AvgIpc) is 2.27. The second kappa shape index (κ2) is 8.44. The normalized spacial score (nSPS) is 13.6. The molecule has 0 heterocycles. The summed E-state index contributed by atoms with van der Waals surface area (Å²) in [6.45, 7) is 7.85. The summed E-state index contributed by atoms with van der Waals surface area (Å²) in [5.41, 5.74) is 5.09. The molecule has 0 saturated heterocycles. The molecule has 1 unspecified atom stereocenters. The number of rotatable bonds is 10. The molecule has 1 amide bonds. The van der Waals surface area contributed by atoms with Crippen LogP contribution in [-0.2, 0) is 14.3 Å². The Morgan fingerprint density at radius 2 is 2.06 bits per heavy atom. The van der Waals surface area contributed by atoms with E-state index in [1.165, 1.54) is 0 Å². The maximum absolute atomic E-state index is 11.0. The molecular formula is C12H26N2O3. The molecule has 102 valence electrons. The standard InChI is InChI=1S/C12H26N2O3/c1-5-14-10(11(13)15)6-8-17-9-7-12(2,3)16-4/h10,14H,5-9H2,1-4H3,(H2,13,15). The Morgan fingerprint density at radius 1 is 1.41 bits per heavy atom. The highest BCUT2D eigenvalue weighted by Gasteiger charge is 2.16. The van der Waals surface area contributed by atoms with Crippen LogP contribution in [0.25, 0.3) is 0 Å². The monoisotopic (exact) mass is 246 g/mol. The highest BCUT2D eigenvalue weighted by molar-refractivity contribution is 5.79. The largest absolute Gasteiger partial charge is 0.381 e. The number of nitrogens with two attached hydrogens (primary N) is 1. The summed E-state index contributed by atoms with van der Waals surface area (Å²) in [4.78, 5) is 11.0. The Balaban J connectivity index is 3.65. The maximum atomic E-state index is 11.0. The SMILES string of the molecule is CCNC(CCOCCC(C)(C)OC)C(N)=O. The Bertz CT molecular complexity index is 220. The van der Waals surface area contributed by atoms with Crippen molar-refractivity contribution in [2.75, 3.05) is 26.9 Å². The van der Waals surface area contributed by atoms with Crippen LogP contribution in [-0.4, -0.2) is 44.4 Å². The highest BCUT2D eigenvalue weighted by Crippen LogP contribution is 2.12. The molecule has 0 aliphatic rings. The van der Waals surface area contributed by atoms with Gasteiger partial charge in [-0.25, -0.2) is 0 Å². The lowest BCUT2D eigenvalue weighted by Crippen LogP contribution is -2.41. The second-order valence-electron chi connectivity index (χ2n) is 4.63. The van der Waals surface area contributed by atoms with E-state index in [9.17, 15) is 4.79 Å². The molecule has 5 heteroatoms. The van der Waals surface area contributed by atoms with Gasteiger partial charge in [-0.3, -0.25) is 4.79 Å². The molecule has 0 fully saturated rings. The minimum absolute atomic E-state index is 0.162. The fraction of sp³-hybridized carbons (Fsp3) is 0.917. The number of amides is 1. The number of primary amides is 1. The molecule has 0 aromatic carbocycles. The third-order valence-electron chi connectivity index (χ3n) is 2.75. The quantitative estimate of drug-likeness (QED) is 0.556. The van der Waals surface area contributed by atoms with Crippen LogP contribution >= 0.6 is 0 Å². The van der Waals surface area contributed by atoms with Crippen LogP contribution in [0.3, 0.4) is 0 Å². The van der Waals surface area contributed by atoms with Crippen molar-refractivity contribution >= 4 is 5.91 Å². The summed E-state index contributed by atoms with van der Waals surface area (Å²) in [5, 5.41) is 3.02. The number of methoxy groups -OCH3 is 1. The van der Waals surface area contributed by atoms with E-state index in [4.69, 9.17) is 15.2 Å². The molecule has 1 atom stereocenters. The zero-order chi connectivity index (χ0) is 13.3. The summed E-state index contributed by atoms with van der Waals surface area (Å²) in [6.07, 6.45) is 1.43. The summed E-state index contributed by atoms with van der Waals surface area (Å²) < 4.78 is 10.7. The first kappa shape index (κ1) is 16.4. The molecule has 0 spiro atoms. The predicted molar refractivity (Wildman–Crippen MR) is 67.8 cm³/mol. The Hall–Kier alpha value is -0.650. The fourth-order valence-electron chi connectivity index (χ4n) is 1.31. The summed E-state index contributed by atoms with van der Waals surface area (Å²) in [7, 11) is 1.69. The van der Waals surface area contributed by atoms with Gasteiger partial charge in [0.05, 0.1) is 11.6 Å². The topological polar surface area (TPSA) is 73.6 Å². The molecule has 0 aromatic heterocycles. The van der Waals surface area contributed by atoms with Gasteiger partial charge in [-0.15, -0.1) is 0 Å². The zero-order valence-electron chi connectivity index (χ0n) is 11.4. The predicted octanol–water partition coefficient (Wildman–Crippen LogP) is 0.672. The van der Waals surface area contributed by atoms with Crippen LogP contribution in [0.1, 0.15) is 33.6 Å². The van der Waals surface area contributed by atoms with Gasteiger partial charge in [0.1, 0.15) is 0 Å². The molecule has 0 aliphatic heterocycles. The molecule has 0 radical (unpaired) electrons. The van der Waals surface area contributed by atoms with Gasteiger partial charge in [-0.1, -0.05) is 6.92 Å². The third-order valence-corrected chi connectivity index (χ3v) is 2.75. The van der Waals surface area contributed by atoms with E-state index >= 15 is 0 Å². The van der Waals surface area contributed by atoms with E-state index in [1.54, 1.807) is 7.11 Å². The molecule has 0 aliphatic carbocycles. The van der Waals surface area contributed by atoms with Crippen molar-refractivity contribution in [3.8, 4) is 0 Å². The zero-order valence-corrected chi connectivity index (χ0v) is 11.4. The van der Waals surface area contributed by atoms with Gasteiger partial charge in [0.2, 0.25) is 5.91 Å². The van der Waals surface area contributed by atoms with Gasteiger partial charge in [0.25, 0.3) is 0 Å². The molecule has 0 rings (SSSR count). The van der Waals surface area contributed by atoms with Crippen LogP contribution in [0, 0.1) is 0 Å². The van der Waals surface area contributed by atoms with Gasteiger partial charge in [0.15, 0.2) is 0 Å². The number of hydrogen-bond acceptors (Lipinski definition) is 4. The number of hydrogen-bond donors (Lipinski definition) is 2. The van der Waals surface area contributed by atoms with Crippen LogP contribution in [0.5, 0.6) is 0 Å². The minimum atomic E-state index is -0.326. The summed E-state index contributed by atoms with van der Waals surface area (Å²) in [5.74, 6) is -0.326. The van der Waals surface area contributed by atoms with Crippen molar-refractivity contribution in [2.24, 2.45) is 5.73 Å². The molecule has 3 N–H and O–H groups in total. The number of likely N-dealkylation sites (N-methyl/N-ethyl adjacent to an activating group) is 1. The van der Waals surface area contributed by atoms with E-state index in [2.05, 4.69) is 5.32 Å². The van der Waals surface area contributed by atoms with Crippen LogP contribution < -0.4 is 11.1 Å². The maximum Gasteiger partial charge on any atom is 0.234 e. The number of ether oxygens (including phenoxy) is 2. The first-order valence-electron chi connectivity index (χ1n) is 6.08. The van der Waals surface area contributed by atoms with E-state index in [0.29, 0.717) is 19.6 Å². The van der Waals surface area contributed by atoms with E-state index < -0.39 is 0 Å². The van der Waals surface area contributed by atoms with Crippen LogP contribution in [0.15, 0.2) is 0 Å².